The highest BCUT2D eigenvalue weighted by Crippen LogP contribution is 2.24. The zero-order valence-electron chi connectivity index (χ0n) is 20.1. The van der Waals surface area contributed by atoms with Crippen LogP contribution in [0.5, 0.6) is 0 Å². The van der Waals surface area contributed by atoms with E-state index < -0.39 is 0 Å². The monoisotopic (exact) mass is 478 g/mol. The molecule has 0 radical (unpaired) electrons. The van der Waals surface area contributed by atoms with Crippen LogP contribution in [0.1, 0.15) is 38.9 Å². The number of amides is 1. The van der Waals surface area contributed by atoms with Crippen molar-refractivity contribution in [2.24, 2.45) is 0 Å². The molecule has 4 rings (SSSR count). The molecule has 3 aromatic rings. The quantitative estimate of drug-likeness (QED) is 0.421. The van der Waals surface area contributed by atoms with E-state index in [-0.39, 0.29) is 11.7 Å². The van der Waals surface area contributed by atoms with Crippen molar-refractivity contribution in [2.45, 2.75) is 44.8 Å². The highest BCUT2D eigenvalue weighted by atomic mass is 32.2. The van der Waals surface area contributed by atoms with Gasteiger partial charge in [0.15, 0.2) is 11.0 Å². The van der Waals surface area contributed by atoms with Crippen molar-refractivity contribution in [2.75, 3.05) is 42.1 Å². The molecular formula is C26H34N6OS. The Bertz CT molecular complexity index is 1040. The SMILES string of the molecule is CCN(CC)c1ccc(NC(=O)CSc2nnc(CN3CCCCC3)n2-c2ccccc2)cc1. The molecule has 2 aromatic carbocycles. The molecule has 8 heteroatoms. The van der Waals surface area contributed by atoms with Crippen LogP contribution in [0.25, 0.3) is 5.69 Å². The van der Waals surface area contributed by atoms with Gasteiger partial charge in [-0.15, -0.1) is 10.2 Å². The zero-order valence-corrected chi connectivity index (χ0v) is 20.9. The summed E-state index contributed by atoms with van der Waals surface area (Å²) >= 11 is 1.42. The van der Waals surface area contributed by atoms with E-state index in [1.54, 1.807) is 0 Å². The Morgan fingerprint density at radius 1 is 0.971 bits per heavy atom. The molecule has 1 aliphatic rings. The lowest BCUT2D eigenvalue weighted by atomic mass is 10.1. The van der Waals surface area contributed by atoms with Crippen molar-refractivity contribution in [1.82, 2.24) is 19.7 Å². The van der Waals surface area contributed by atoms with E-state index in [9.17, 15) is 4.79 Å². The van der Waals surface area contributed by atoms with Crippen molar-refractivity contribution < 1.29 is 4.79 Å². The molecule has 0 unspecified atom stereocenters. The van der Waals surface area contributed by atoms with Crippen molar-refractivity contribution in [3.8, 4) is 5.69 Å². The Balaban J connectivity index is 1.42. The molecule has 34 heavy (non-hydrogen) atoms. The molecule has 1 amide bonds. The van der Waals surface area contributed by atoms with E-state index in [1.165, 1.54) is 31.0 Å². The number of hydrogen-bond donors (Lipinski definition) is 1. The molecule has 0 saturated carbocycles. The number of piperidine rings is 1. The van der Waals surface area contributed by atoms with Crippen LogP contribution in [0.2, 0.25) is 0 Å². The van der Waals surface area contributed by atoms with Crippen molar-refractivity contribution in [1.29, 1.82) is 0 Å². The molecule has 0 bridgehead atoms. The van der Waals surface area contributed by atoms with Gasteiger partial charge in [-0.2, -0.15) is 0 Å². The fourth-order valence-corrected chi connectivity index (χ4v) is 5.09. The molecule has 0 atom stereocenters. The summed E-state index contributed by atoms with van der Waals surface area (Å²) < 4.78 is 2.09. The molecule has 7 nitrogen and oxygen atoms in total. The van der Waals surface area contributed by atoms with Crippen LogP contribution >= 0.6 is 11.8 Å². The van der Waals surface area contributed by atoms with Gasteiger partial charge in [-0.05, 0) is 76.2 Å². The van der Waals surface area contributed by atoms with Gasteiger partial charge in [0.2, 0.25) is 5.91 Å². The normalized spacial score (nSPS) is 14.2. The van der Waals surface area contributed by atoms with Gasteiger partial charge < -0.3 is 10.2 Å². The van der Waals surface area contributed by atoms with Gasteiger partial charge in [0.1, 0.15) is 0 Å². The Morgan fingerprint density at radius 2 is 1.68 bits per heavy atom. The van der Waals surface area contributed by atoms with E-state index in [2.05, 4.69) is 68.0 Å². The Hall–Kier alpha value is -2.84. The minimum absolute atomic E-state index is 0.0548. The highest BCUT2D eigenvalue weighted by Gasteiger charge is 2.19. The summed E-state index contributed by atoms with van der Waals surface area (Å²) in [6.45, 7) is 9.17. The average Bonchev–Trinajstić information content (AvgIpc) is 3.28. The lowest BCUT2D eigenvalue weighted by Crippen LogP contribution is -2.30. The Labute approximate surface area is 206 Å². The third-order valence-electron chi connectivity index (χ3n) is 6.14. The van der Waals surface area contributed by atoms with Gasteiger partial charge in [-0.25, -0.2) is 0 Å². The van der Waals surface area contributed by atoms with Crippen molar-refractivity contribution in [3.05, 3.63) is 60.4 Å². The molecule has 0 aliphatic carbocycles. The van der Waals surface area contributed by atoms with Crippen LogP contribution in [0.4, 0.5) is 11.4 Å². The lowest BCUT2D eigenvalue weighted by Gasteiger charge is -2.26. The number of anilines is 2. The number of aromatic nitrogens is 3. The van der Waals surface area contributed by atoms with Crippen LogP contribution in [0.3, 0.4) is 0 Å². The molecule has 1 saturated heterocycles. The van der Waals surface area contributed by atoms with Gasteiger partial charge in [0, 0.05) is 30.2 Å². The minimum atomic E-state index is -0.0548. The molecular weight excluding hydrogens is 444 g/mol. The first kappa shape index (κ1) is 24.3. The van der Waals surface area contributed by atoms with Gasteiger partial charge in [0.25, 0.3) is 0 Å². The zero-order chi connectivity index (χ0) is 23.8. The second-order valence-electron chi connectivity index (χ2n) is 8.46. The standard InChI is InChI=1S/C26H34N6OS/c1-3-31(4-2)22-15-13-21(14-16-22)27-25(33)20-34-26-29-28-24(19-30-17-9-6-10-18-30)32(26)23-11-7-5-8-12-23/h5,7-8,11-16H,3-4,6,9-10,17-20H2,1-2H3,(H,27,33). The van der Waals surface area contributed by atoms with E-state index in [0.717, 1.165) is 60.8 Å². The third kappa shape index (κ3) is 6.18. The first-order chi connectivity index (χ1) is 16.7. The van der Waals surface area contributed by atoms with Crippen LogP contribution in [0, 0.1) is 0 Å². The maximum absolute atomic E-state index is 12.7. The van der Waals surface area contributed by atoms with E-state index in [4.69, 9.17) is 0 Å². The summed E-state index contributed by atoms with van der Waals surface area (Å²) in [5.41, 5.74) is 2.99. The number of likely N-dealkylation sites (tertiary alicyclic amines) is 1. The van der Waals surface area contributed by atoms with Gasteiger partial charge in [-0.1, -0.05) is 36.4 Å². The molecule has 1 aliphatic heterocycles. The number of para-hydroxylation sites is 1. The van der Waals surface area contributed by atoms with Crippen LogP contribution in [0.15, 0.2) is 59.8 Å². The maximum atomic E-state index is 12.7. The van der Waals surface area contributed by atoms with Crippen molar-refractivity contribution >= 4 is 29.0 Å². The number of hydrogen-bond acceptors (Lipinski definition) is 6. The summed E-state index contributed by atoms with van der Waals surface area (Å²) in [6.07, 6.45) is 3.77. The predicted octanol–water partition coefficient (Wildman–Crippen LogP) is 4.83. The largest absolute Gasteiger partial charge is 0.372 e. The van der Waals surface area contributed by atoms with E-state index in [1.807, 2.05) is 30.3 Å². The smallest absolute Gasteiger partial charge is 0.234 e. The fraction of sp³-hybridized carbons (Fsp3) is 0.423. The predicted molar refractivity (Wildman–Crippen MR) is 140 cm³/mol. The average molecular weight is 479 g/mol. The number of benzene rings is 2. The molecule has 2 heterocycles. The Kier molecular flexibility index (Phi) is 8.60. The Morgan fingerprint density at radius 3 is 2.35 bits per heavy atom. The van der Waals surface area contributed by atoms with Gasteiger partial charge in [0.05, 0.1) is 12.3 Å². The number of nitrogens with one attached hydrogen (secondary N) is 1. The summed E-state index contributed by atoms with van der Waals surface area (Å²) in [5.74, 6) is 1.13. The first-order valence-corrected chi connectivity index (χ1v) is 13.2. The van der Waals surface area contributed by atoms with Gasteiger partial charge in [-0.3, -0.25) is 14.3 Å². The van der Waals surface area contributed by atoms with Crippen molar-refractivity contribution in [3.63, 3.8) is 0 Å². The number of nitrogens with zero attached hydrogens (tertiary/aromatic N) is 5. The molecule has 180 valence electrons. The number of carbonyl (C=O) groups excluding carboxylic acids is 1. The first-order valence-electron chi connectivity index (χ1n) is 12.2. The fourth-order valence-electron chi connectivity index (χ4n) is 4.32. The minimum Gasteiger partial charge on any atom is -0.372 e. The maximum Gasteiger partial charge on any atom is 0.234 e. The third-order valence-corrected chi connectivity index (χ3v) is 7.07. The topological polar surface area (TPSA) is 66.3 Å². The van der Waals surface area contributed by atoms with Gasteiger partial charge >= 0.3 is 0 Å². The van der Waals surface area contributed by atoms with E-state index in [0.29, 0.717) is 0 Å². The van der Waals surface area contributed by atoms with E-state index >= 15 is 0 Å². The van der Waals surface area contributed by atoms with Crippen LogP contribution in [-0.2, 0) is 11.3 Å². The van der Waals surface area contributed by atoms with Crippen LogP contribution < -0.4 is 10.2 Å². The molecule has 0 spiro atoms. The molecule has 1 N–H and O–H groups in total. The number of rotatable bonds is 10. The second kappa shape index (κ2) is 12.0. The summed E-state index contributed by atoms with van der Waals surface area (Å²) in [4.78, 5) is 17.4. The highest BCUT2D eigenvalue weighted by molar-refractivity contribution is 7.99. The lowest BCUT2D eigenvalue weighted by molar-refractivity contribution is -0.113. The molecule has 1 fully saturated rings. The number of thioether (sulfide) groups is 1. The summed E-state index contributed by atoms with van der Waals surface area (Å²) in [5, 5.41) is 12.7. The summed E-state index contributed by atoms with van der Waals surface area (Å²) in [6, 6.07) is 18.2. The molecule has 1 aromatic heterocycles. The van der Waals surface area contributed by atoms with Crippen LogP contribution in [-0.4, -0.2) is 57.5 Å². The second-order valence-corrected chi connectivity index (χ2v) is 9.41. The number of carbonyl (C=O) groups is 1. The summed E-state index contributed by atoms with van der Waals surface area (Å²) in [7, 11) is 0.